The average Bonchev–Trinajstić information content (AvgIpc) is 3.02. The van der Waals surface area contributed by atoms with Crippen molar-refractivity contribution in [3.05, 3.63) is 11.6 Å². The number of hydrogen-bond acceptors (Lipinski definition) is 1. The van der Waals surface area contributed by atoms with Gasteiger partial charge in [0, 0.05) is 6.04 Å². The molecule has 2 fully saturated rings. The summed E-state index contributed by atoms with van der Waals surface area (Å²) in [5, 5.41) is 3.96. The lowest BCUT2D eigenvalue weighted by atomic mass is 9.71. The van der Waals surface area contributed by atoms with Crippen molar-refractivity contribution in [2.24, 2.45) is 11.8 Å². The van der Waals surface area contributed by atoms with Crippen LogP contribution >= 0.6 is 0 Å². The molecule has 0 bridgehead atoms. The van der Waals surface area contributed by atoms with Crippen LogP contribution in [-0.2, 0) is 0 Å². The summed E-state index contributed by atoms with van der Waals surface area (Å²) in [5.74, 6) is 2.05. The van der Waals surface area contributed by atoms with Crippen molar-refractivity contribution in [1.29, 1.82) is 0 Å². The zero-order chi connectivity index (χ0) is 13.6. The third-order valence-electron chi connectivity index (χ3n) is 6.06. The summed E-state index contributed by atoms with van der Waals surface area (Å²) in [6.07, 6.45) is 21.4. The Hall–Kier alpha value is -0.300. The summed E-state index contributed by atoms with van der Waals surface area (Å²) in [7, 11) is 0. The molecule has 3 aliphatic carbocycles. The van der Waals surface area contributed by atoms with E-state index >= 15 is 0 Å². The van der Waals surface area contributed by atoms with Crippen molar-refractivity contribution < 1.29 is 0 Å². The molecule has 1 nitrogen and oxygen atoms in total. The predicted octanol–water partition coefficient (Wildman–Crippen LogP) is 5.22. The van der Waals surface area contributed by atoms with Gasteiger partial charge in [0.2, 0.25) is 0 Å². The van der Waals surface area contributed by atoms with E-state index in [1.54, 1.807) is 5.57 Å². The summed E-state index contributed by atoms with van der Waals surface area (Å²) < 4.78 is 0. The average molecular weight is 275 g/mol. The lowest BCUT2D eigenvalue weighted by Crippen LogP contribution is -2.42. The molecule has 1 heteroatoms. The van der Waals surface area contributed by atoms with Crippen molar-refractivity contribution in [1.82, 2.24) is 5.32 Å². The molecule has 0 aliphatic heterocycles. The van der Waals surface area contributed by atoms with Gasteiger partial charge in [0.25, 0.3) is 0 Å². The van der Waals surface area contributed by atoms with E-state index < -0.39 is 0 Å². The smallest absolute Gasteiger partial charge is 0.00980 e. The second-order valence-corrected chi connectivity index (χ2v) is 7.41. The molecule has 2 atom stereocenters. The fraction of sp³-hybridized carbons (Fsp3) is 0.895. The van der Waals surface area contributed by atoms with Crippen LogP contribution in [-0.4, -0.2) is 12.6 Å². The maximum absolute atomic E-state index is 3.96. The highest BCUT2D eigenvalue weighted by atomic mass is 14.9. The molecule has 3 rings (SSSR count). The Bertz CT molecular complexity index is 314. The van der Waals surface area contributed by atoms with Crippen LogP contribution in [0.3, 0.4) is 0 Å². The Kier molecular flexibility index (Phi) is 5.59. The molecule has 114 valence electrons. The van der Waals surface area contributed by atoms with Gasteiger partial charge in [-0.3, -0.25) is 0 Å². The number of nitrogens with one attached hydrogen (secondary N) is 1. The summed E-state index contributed by atoms with van der Waals surface area (Å²) in [4.78, 5) is 0. The minimum absolute atomic E-state index is 0.842. The third-order valence-corrected chi connectivity index (χ3v) is 6.06. The lowest BCUT2D eigenvalue weighted by molar-refractivity contribution is 0.150. The molecule has 0 aromatic rings. The second kappa shape index (κ2) is 7.64. The van der Waals surface area contributed by atoms with Crippen molar-refractivity contribution in [3.8, 4) is 0 Å². The van der Waals surface area contributed by atoms with Crippen LogP contribution in [0.1, 0.15) is 83.5 Å². The van der Waals surface area contributed by atoms with Crippen LogP contribution in [0.15, 0.2) is 11.6 Å². The summed E-state index contributed by atoms with van der Waals surface area (Å²) in [6, 6.07) is 0.842. The van der Waals surface area contributed by atoms with Gasteiger partial charge in [0.15, 0.2) is 0 Å². The molecule has 3 aliphatic rings. The maximum Gasteiger partial charge on any atom is 0.00980 e. The second-order valence-electron chi connectivity index (χ2n) is 7.41. The maximum atomic E-state index is 3.96. The highest BCUT2D eigenvalue weighted by Gasteiger charge is 2.31. The van der Waals surface area contributed by atoms with E-state index in [1.165, 1.54) is 90.0 Å². The SMILES string of the molecule is C1=C(CCNC2CCCCC2C2CCCCC2)CCC1. The van der Waals surface area contributed by atoms with Gasteiger partial charge in [-0.15, -0.1) is 0 Å². The predicted molar refractivity (Wildman–Crippen MR) is 86.9 cm³/mol. The molecule has 0 aromatic heterocycles. The van der Waals surface area contributed by atoms with Gasteiger partial charge < -0.3 is 5.32 Å². The molecule has 0 heterocycles. The van der Waals surface area contributed by atoms with E-state index in [9.17, 15) is 0 Å². The third kappa shape index (κ3) is 3.87. The molecule has 1 N–H and O–H groups in total. The van der Waals surface area contributed by atoms with Gasteiger partial charge >= 0.3 is 0 Å². The molecule has 0 amide bonds. The first-order valence-corrected chi connectivity index (χ1v) is 9.35. The van der Waals surface area contributed by atoms with E-state index in [-0.39, 0.29) is 0 Å². The number of rotatable bonds is 5. The zero-order valence-electron chi connectivity index (χ0n) is 13.2. The quantitative estimate of drug-likeness (QED) is 0.679. The Labute approximate surface area is 125 Å². The lowest BCUT2D eigenvalue weighted by Gasteiger charge is -2.39. The Balaban J connectivity index is 1.46. The number of hydrogen-bond donors (Lipinski definition) is 1. The highest BCUT2D eigenvalue weighted by Crippen LogP contribution is 2.38. The Morgan fingerprint density at radius 2 is 1.70 bits per heavy atom. The molecular formula is C19H33N. The van der Waals surface area contributed by atoms with Gasteiger partial charge in [0.1, 0.15) is 0 Å². The summed E-state index contributed by atoms with van der Waals surface area (Å²) in [6.45, 7) is 1.24. The molecule has 0 aromatic carbocycles. The largest absolute Gasteiger partial charge is 0.313 e. The first kappa shape index (κ1) is 14.6. The molecule has 0 saturated heterocycles. The van der Waals surface area contributed by atoms with Crippen molar-refractivity contribution in [3.63, 3.8) is 0 Å². The Morgan fingerprint density at radius 3 is 2.50 bits per heavy atom. The van der Waals surface area contributed by atoms with E-state index in [1.807, 2.05) is 0 Å². The van der Waals surface area contributed by atoms with Crippen LogP contribution in [0.2, 0.25) is 0 Å². The summed E-state index contributed by atoms with van der Waals surface area (Å²) >= 11 is 0. The molecular weight excluding hydrogens is 242 g/mol. The standard InChI is InChI=1S/C19H33N/c1-2-10-17(11-3-1)18-12-6-7-13-19(18)20-15-14-16-8-4-5-9-16/h8,17-20H,1-7,9-15H2. The van der Waals surface area contributed by atoms with Gasteiger partial charge in [-0.05, 0) is 56.9 Å². The molecule has 2 saturated carbocycles. The van der Waals surface area contributed by atoms with Gasteiger partial charge in [-0.25, -0.2) is 0 Å². The Morgan fingerprint density at radius 1 is 0.900 bits per heavy atom. The number of allylic oxidation sites excluding steroid dienone is 1. The molecule has 0 spiro atoms. The highest BCUT2D eigenvalue weighted by molar-refractivity contribution is 5.07. The van der Waals surface area contributed by atoms with Crippen LogP contribution in [0, 0.1) is 11.8 Å². The van der Waals surface area contributed by atoms with Crippen LogP contribution in [0.5, 0.6) is 0 Å². The van der Waals surface area contributed by atoms with Crippen molar-refractivity contribution in [2.75, 3.05) is 6.54 Å². The first-order chi connectivity index (χ1) is 9.93. The van der Waals surface area contributed by atoms with Gasteiger partial charge in [-0.2, -0.15) is 0 Å². The fourth-order valence-corrected chi connectivity index (χ4v) is 4.92. The molecule has 2 unspecified atom stereocenters. The molecule has 0 radical (unpaired) electrons. The van der Waals surface area contributed by atoms with E-state index in [4.69, 9.17) is 0 Å². The van der Waals surface area contributed by atoms with Crippen LogP contribution < -0.4 is 5.32 Å². The van der Waals surface area contributed by atoms with Gasteiger partial charge in [-0.1, -0.05) is 56.6 Å². The minimum Gasteiger partial charge on any atom is -0.313 e. The van der Waals surface area contributed by atoms with Gasteiger partial charge in [0.05, 0.1) is 0 Å². The summed E-state index contributed by atoms with van der Waals surface area (Å²) in [5.41, 5.74) is 1.72. The minimum atomic E-state index is 0.842. The monoisotopic (exact) mass is 275 g/mol. The zero-order valence-corrected chi connectivity index (χ0v) is 13.2. The van der Waals surface area contributed by atoms with E-state index in [2.05, 4.69) is 11.4 Å². The molecule has 20 heavy (non-hydrogen) atoms. The first-order valence-electron chi connectivity index (χ1n) is 9.35. The van der Waals surface area contributed by atoms with E-state index in [0.717, 1.165) is 17.9 Å². The van der Waals surface area contributed by atoms with Crippen molar-refractivity contribution >= 4 is 0 Å². The fourth-order valence-electron chi connectivity index (χ4n) is 4.92. The topological polar surface area (TPSA) is 12.0 Å². The normalized spacial score (nSPS) is 32.3. The van der Waals surface area contributed by atoms with Crippen LogP contribution in [0.25, 0.3) is 0 Å². The van der Waals surface area contributed by atoms with Crippen LogP contribution in [0.4, 0.5) is 0 Å². The van der Waals surface area contributed by atoms with Crippen molar-refractivity contribution in [2.45, 2.75) is 89.5 Å². The van der Waals surface area contributed by atoms with E-state index in [0.29, 0.717) is 0 Å².